The van der Waals surface area contributed by atoms with E-state index in [2.05, 4.69) is 47.1 Å². The first-order valence-corrected chi connectivity index (χ1v) is 18.6. The normalized spacial score (nSPS) is 12.0. The van der Waals surface area contributed by atoms with E-state index in [4.69, 9.17) is 19.6 Å². The van der Waals surface area contributed by atoms with Gasteiger partial charge in [-0.25, -0.2) is 9.59 Å². The molecule has 218 valence electrons. The first-order chi connectivity index (χ1) is 19.6. The molecule has 0 amide bonds. The van der Waals surface area contributed by atoms with Gasteiger partial charge in [0.1, 0.15) is 16.1 Å². The highest BCUT2D eigenvalue weighted by molar-refractivity contribution is 7.00. The molecule has 0 aliphatic heterocycles. The fourth-order valence-corrected chi connectivity index (χ4v) is 9.26. The maximum atomic E-state index is 12.8. The van der Waals surface area contributed by atoms with Crippen molar-refractivity contribution in [3.63, 3.8) is 0 Å². The molecule has 0 fully saturated rings. The molecule has 0 aliphatic carbocycles. The third-order valence-corrected chi connectivity index (χ3v) is 16.2. The Balaban J connectivity index is 2.14. The Labute approximate surface area is 247 Å². The van der Waals surface area contributed by atoms with Crippen molar-refractivity contribution in [1.82, 2.24) is 0 Å². The van der Waals surface area contributed by atoms with Crippen LogP contribution in [0.4, 0.5) is 0 Å². The molecule has 6 nitrogen and oxygen atoms in total. The van der Waals surface area contributed by atoms with Crippen LogP contribution in [0.15, 0.2) is 97.6 Å². The lowest BCUT2D eigenvalue weighted by Crippen LogP contribution is -2.43. The average Bonchev–Trinajstić information content (AvgIpc) is 3.03. The van der Waals surface area contributed by atoms with E-state index in [0.717, 1.165) is 22.5 Å². The maximum Gasteiger partial charge on any atom is 0.373 e. The number of carbonyl (C=O) groups excluding carboxylic acids is 2. The van der Waals surface area contributed by atoms with Crippen molar-refractivity contribution in [2.45, 2.75) is 52.6 Å². The predicted octanol–water partition coefficient (Wildman–Crippen LogP) is 6.95. The molecule has 0 aliphatic rings. The van der Waals surface area contributed by atoms with Crippen LogP contribution in [-0.2, 0) is 19.6 Å². The van der Waals surface area contributed by atoms with Gasteiger partial charge in [0.15, 0.2) is 0 Å². The molecule has 0 N–H and O–H groups in total. The number of rotatable bonds is 17. The molecule has 0 saturated heterocycles. The summed E-state index contributed by atoms with van der Waals surface area (Å²) in [7, 11) is -4.07. The largest absolute Gasteiger partial charge is 0.373 e. The Kier molecular flexibility index (Phi) is 12.5. The molecular formula is C33H42O6Si2. The Hall–Kier alpha value is -3.31. The SMILES string of the molecule is [CH2]C(CC)(CC)[C](OOC(=O)c1ccc([Si](C=C)(C=C)CC)cc1)OOC(=O)c1ccc([Si](C=C)(C=C)CC)cc1. The number of carbonyl (C=O) groups is 2. The lowest BCUT2D eigenvalue weighted by Gasteiger charge is -2.30. The zero-order valence-electron chi connectivity index (χ0n) is 24.7. The van der Waals surface area contributed by atoms with Crippen LogP contribution in [0.5, 0.6) is 0 Å². The van der Waals surface area contributed by atoms with Crippen LogP contribution in [-0.4, -0.2) is 28.1 Å². The molecule has 2 rings (SSSR count). The van der Waals surface area contributed by atoms with Crippen molar-refractivity contribution in [1.29, 1.82) is 0 Å². The van der Waals surface area contributed by atoms with Gasteiger partial charge in [0.25, 0.3) is 0 Å². The van der Waals surface area contributed by atoms with E-state index < -0.39 is 33.5 Å². The van der Waals surface area contributed by atoms with Crippen LogP contribution in [0.2, 0.25) is 12.1 Å². The second-order valence-corrected chi connectivity index (χ2v) is 18.3. The molecule has 0 heterocycles. The first kappa shape index (κ1) is 33.9. The third kappa shape index (κ3) is 7.51. The van der Waals surface area contributed by atoms with Crippen molar-refractivity contribution in [2.75, 3.05) is 0 Å². The lowest BCUT2D eigenvalue weighted by atomic mass is 9.84. The predicted molar refractivity (Wildman–Crippen MR) is 170 cm³/mol. The summed E-state index contributed by atoms with van der Waals surface area (Å²) < 4.78 is 0. The molecule has 2 aromatic rings. The zero-order valence-corrected chi connectivity index (χ0v) is 26.7. The monoisotopic (exact) mass is 590 g/mol. The first-order valence-electron chi connectivity index (χ1n) is 13.8. The van der Waals surface area contributed by atoms with Gasteiger partial charge in [0, 0.05) is 5.41 Å². The van der Waals surface area contributed by atoms with E-state index in [9.17, 15) is 9.59 Å². The summed E-state index contributed by atoms with van der Waals surface area (Å²) in [5.74, 6) is -1.47. The highest BCUT2D eigenvalue weighted by Gasteiger charge is 2.40. The van der Waals surface area contributed by atoms with Crippen LogP contribution >= 0.6 is 0 Å². The molecule has 0 atom stereocenters. The van der Waals surface area contributed by atoms with Crippen molar-refractivity contribution in [3.8, 4) is 0 Å². The van der Waals surface area contributed by atoms with Crippen molar-refractivity contribution in [2.24, 2.45) is 5.41 Å². The van der Waals surface area contributed by atoms with Crippen LogP contribution < -0.4 is 10.4 Å². The van der Waals surface area contributed by atoms with Gasteiger partial charge in [-0.1, -0.05) is 85.1 Å². The lowest BCUT2D eigenvalue weighted by molar-refractivity contribution is -0.381. The highest BCUT2D eigenvalue weighted by Crippen LogP contribution is 2.38. The number of benzene rings is 2. The third-order valence-electron chi connectivity index (χ3n) is 8.12. The van der Waals surface area contributed by atoms with Gasteiger partial charge < -0.3 is 0 Å². The molecule has 41 heavy (non-hydrogen) atoms. The van der Waals surface area contributed by atoms with Gasteiger partial charge >= 0.3 is 18.2 Å². The summed E-state index contributed by atoms with van der Waals surface area (Å²) in [6, 6.07) is 16.0. The zero-order chi connectivity index (χ0) is 30.7. The number of hydrogen-bond acceptors (Lipinski definition) is 6. The molecule has 8 heteroatoms. The van der Waals surface area contributed by atoms with E-state index in [1.807, 2.05) is 60.9 Å². The van der Waals surface area contributed by atoms with Crippen LogP contribution in [0, 0.1) is 18.6 Å². The van der Waals surface area contributed by atoms with Gasteiger partial charge in [-0.3, -0.25) is 9.78 Å². The Morgan fingerprint density at radius 1 is 0.634 bits per heavy atom. The molecule has 0 aromatic heterocycles. The molecule has 0 spiro atoms. The summed E-state index contributed by atoms with van der Waals surface area (Å²) in [5, 5.41) is 2.17. The Bertz CT molecular complexity index is 1110. The molecule has 0 unspecified atom stereocenters. The standard InChI is InChI=1S/C33H42O6Si2/c1-10-33(9,11-2)32(38-36-30(34)26-18-22-28(23-19-26)40(12-3,13-4)14-5)39-37-31(35)27-20-24-29(25-21-27)41(15-6,16-7)17-8/h12-13,15-16,18-25H,3-4,6-7,9-11,14,17H2,1-2,5,8H3. The Morgan fingerprint density at radius 2 is 0.951 bits per heavy atom. The highest BCUT2D eigenvalue weighted by atomic mass is 28.3. The summed E-state index contributed by atoms with van der Waals surface area (Å²) >= 11 is 0. The maximum absolute atomic E-state index is 12.8. The van der Waals surface area contributed by atoms with Crippen molar-refractivity contribution < 1.29 is 29.1 Å². The molecule has 0 saturated carbocycles. The van der Waals surface area contributed by atoms with Gasteiger partial charge in [-0.05, 0) is 56.1 Å². The molecule has 2 radical (unpaired) electrons. The minimum Gasteiger partial charge on any atom is -0.289 e. The van der Waals surface area contributed by atoms with E-state index in [1.54, 1.807) is 24.3 Å². The van der Waals surface area contributed by atoms with Crippen LogP contribution in [0.1, 0.15) is 61.3 Å². The van der Waals surface area contributed by atoms with Crippen LogP contribution in [0.25, 0.3) is 0 Å². The fourth-order valence-electron chi connectivity index (χ4n) is 4.43. The second-order valence-electron chi connectivity index (χ2n) is 9.94. The Morgan fingerprint density at radius 3 is 1.20 bits per heavy atom. The number of hydrogen-bond donors (Lipinski definition) is 0. The van der Waals surface area contributed by atoms with E-state index >= 15 is 0 Å². The summed E-state index contributed by atoms with van der Waals surface area (Å²) in [6.07, 6.45) is 0.706. The van der Waals surface area contributed by atoms with Gasteiger partial charge in [-0.15, -0.1) is 36.1 Å². The minimum atomic E-state index is -2.03. The average molecular weight is 591 g/mol. The fraction of sp³-hybridized carbons (Fsp3) is 0.273. The molecular weight excluding hydrogens is 549 g/mol. The summed E-state index contributed by atoms with van der Waals surface area (Å²) in [4.78, 5) is 46.4. The summed E-state index contributed by atoms with van der Waals surface area (Å²) in [5.41, 5.74) is 7.51. The van der Waals surface area contributed by atoms with Gasteiger partial charge in [0.2, 0.25) is 0 Å². The quantitative estimate of drug-likeness (QED) is 0.113. The summed E-state index contributed by atoms with van der Waals surface area (Å²) in [6.45, 7) is 28.0. The molecule has 2 aromatic carbocycles. The minimum absolute atomic E-state index is 0.233. The van der Waals surface area contributed by atoms with E-state index in [-0.39, 0.29) is 17.4 Å². The van der Waals surface area contributed by atoms with Gasteiger partial charge in [-0.2, -0.15) is 0 Å². The van der Waals surface area contributed by atoms with Gasteiger partial charge in [0.05, 0.1) is 11.1 Å². The van der Waals surface area contributed by atoms with Crippen molar-refractivity contribution in [3.05, 3.63) is 122 Å². The van der Waals surface area contributed by atoms with Crippen molar-refractivity contribution >= 4 is 38.5 Å². The molecule has 0 bridgehead atoms. The van der Waals surface area contributed by atoms with E-state index in [0.29, 0.717) is 12.8 Å². The van der Waals surface area contributed by atoms with Crippen LogP contribution in [0.3, 0.4) is 0 Å². The smallest absolute Gasteiger partial charge is 0.289 e. The van der Waals surface area contributed by atoms with E-state index in [1.165, 1.54) is 0 Å². The topological polar surface area (TPSA) is 71.1 Å². The second kappa shape index (κ2) is 15.1.